The number of ketones is 2. The summed E-state index contributed by atoms with van der Waals surface area (Å²) in [7, 11) is 2.60. The second kappa shape index (κ2) is 12.5. The number of carbonyl (C=O) groups excluding carboxylic acids is 3. The van der Waals surface area contributed by atoms with Crippen molar-refractivity contribution in [1.82, 2.24) is 39.9 Å². The van der Waals surface area contributed by atoms with Gasteiger partial charge in [-0.25, -0.2) is 19.1 Å². The fourth-order valence-electron chi connectivity index (χ4n) is 4.10. The molecule has 0 unspecified atom stereocenters. The number of rotatable bonds is 9. The van der Waals surface area contributed by atoms with Crippen LogP contribution in [0, 0.1) is 10.5 Å². The van der Waals surface area contributed by atoms with Crippen molar-refractivity contribution in [3.05, 3.63) is 79.0 Å². The molecule has 3 heterocycles. The summed E-state index contributed by atoms with van der Waals surface area (Å²) in [6.45, 7) is 0.929. The monoisotopic (exact) mass is 716 g/mol. The maximum atomic E-state index is 13.8. The summed E-state index contributed by atoms with van der Waals surface area (Å²) in [5.41, 5.74) is 1.26. The number of nitrogens with zero attached hydrogens (tertiary/aromatic N) is 8. The van der Waals surface area contributed by atoms with Crippen LogP contribution in [-0.2, 0) is 23.9 Å². The van der Waals surface area contributed by atoms with E-state index in [0.717, 1.165) is 13.2 Å². The van der Waals surface area contributed by atoms with Gasteiger partial charge in [0.15, 0.2) is 17.4 Å². The number of ether oxygens (including phenoxy) is 1. The normalized spacial score (nSPS) is 11.4. The van der Waals surface area contributed by atoms with E-state index in [-0.39, 0.29) is 40.8 Å². The van der Waals surface area contributed by atoms with Crippen LogP contribution in [0.3, 0.4) is 0 Å². The third kappa shape index (κ3) is 6.75. The van der Waals surface area contributed by atoms with Gasteiger partial charge in [-0.3, -0.25) is 9.59 Å². The first-order chi connectivity index (χ1) is 19.8. The lowest BCUT2D eigenvalue weighted by Gasteiger charge is -2.17. The topological polar surface area (TPSA) is 138 Å². The van der Waals surface area contributed by atoms with Crippen LogP contribution in [0.25, 0.3) is 5.82 Å². The average Bonchev–Trinajstić information content (AvgIpc) is 3.57. The molecule has 0 aliphatic rings. The Balaban J connectivity index is 1.74. The third-order valence-electron chi connectivity index (χ3n) is 6.03. The molecule has 1 amide bonds. The van der Waals surface area contributed by atoms with E-state index in [1.54, 1.807) is 25.1 Å². The fourth-order valence-corrected chi connectivity index (χ4v) is 5.08. The molecule has 17 heteroatoms. The van der Waals surface area contributed by atoms with Gasteiger partial charge in [-0.1, -0.05) is 11.6 Å². The molecule has 0 saturated heterocycles. The maximum absolute atomic E-state index is 13.8. The molecular weight excluding hydrogens is 696 g/mol. The summed E-state index contributed by atoms with van der Waals surface area (Å²) in [6, 6.07) is 7.77. The first kappa shape index (κ1) is 31.0. The van der Waals surface area contributed by atoms with Gasteiger partial charge in [-0.05, 0) is 81.4 Å². The molecule has 0 N–H and O–H groups in total. The Labute approximate surface area is 254 Å². The number of alkyl halides is 3. The quantitative estimate of drug-likeness (QED) is 0.184. The van der Waals surface area contributed by atoms with E-state index in [1.165, 1.54) is 32.5 Å². The molecule has 0 atom stereocenters. The minimum Gasteiger partial charge on any atom is -0.453 e. The highest BCUT2D eigenvalue weighted by molar-refractivity contribution is 14.1. The van der Waals surface area contributed by atoms with Gasteiger partial charge in [0.2, 0.25) is 0 Å². The molecule has 0 aliphatic heterocycles. The standard InChI is InChI=1S/C25H21ClF3IN8O4/c1-13-7-14(30)8-17(21(40)12-36(2)24(41)42-3)16(13)10-20(39)19-9-15(11-37-23(25(27,28)29)32-34-35-37)33-38(19)22-18(26)5-4-6-31-22/h4-9H,10-12H2,1-3H3. The van der Waals surface area contributed by atoms with Gasteiger partial charge in [0.05, 0.1) is 30.9 Å². The minimum atomic E-state index is -4.82. The van der Waals surface area contributed by atoms with E-state index in [0.29, 0.717) is 15.8 Å². The van der Waals surface area contributed by atoms with Crippen molar-refractivity contribution in [2.24, 2.45) is 0 Å². The number of hydrogen-bond donors (Lipinski definition) is 0. The number of tetrazole rings is 1. The van der Waals surface area contributed by atoms with Crippen molar-refractivity contribution in [1.29, 1.82) is 0 Å². The fraction of sp³-hybridized carbons (Fsp3) is 0.280. The number of hydrogen-bond acceptors (Lipinski definition) is 9. The highest BCUT2D eigenvalue weighted by Gasteiger charge is 2.38. The number of benzene rings is 1. The smallest absolute Gasteiger partial charge is 0.453 e. The van der Waals surface area contributed by atoms with Crippen molar-refractivity contribution in [3.63, 3.8) is 0 Å². The van der Waals surface area contributed by atoms with Gasteiger partial charge in [0, 0.05) is 28.8 Å². The molecule has 42 heavy (non-hydrogen) atoms. The number of carbonyl (C=O) groups is 3. The van der Waals surface area contributed by atoms with Crippen LogP contribution in [-0.4, -0.2) is 78.2 Å². The number of Topliss-reactive ketones (excluding diaryl/α,β-unsaturated/α-hetero) is 2. The lowest BCUT2D eigenvalue weighted by atomic mass is 9.93. The number of pyridine rings is 1. The highest BCUT2D eigenvalue weighted by atomic mass is 127. The van der Waals surface area contributed by atoms with Crippen LogP contribution in [0.5, 0.6) is 0 Å². The number of methoxy groups -OCH3 is 1. The first-order valence-electron chi connectivity index (χ1n) is 12.0. The summed E-state index contributed by atoms with van der Waals surface area (Å²) >= 11 is 8.36. The van der Waals surface area contributed by atoms with Gasteiger partial charge in [-0.2, -0.15) is 18.3 Å². The van der Waals surface area contributed by atoms with E-state index < -0.39 is 36.2 Å². The largest absolute Gasteiger partial charge is 0.453 e. The second-order valence-corrected chi connectivity index (χ2v) is 10.7. The molecule has 1 aromatic carbocycles. The van der Waals surface area contributed by atoms with Crippen molar-refractivity contribution in [2.45, 2.75) is 26.1 Å². The van der Waals surface area contributed by atoms with E-state index in [4.69, 9.17) is 11.6 Å². The average molecular weight is 717 g/mol. The van der Waals surface area contributed by atoms with Crippen LogP contribution >= 0.6 is 34.2 Å². The molecule has 0 aliphatic carbocycles. The molecule has 0 saturated carbocycles. The van der Waals surface area contributed by atoms with Gasteiger partial charge >= 0.3 is 12.3 Å². The Kier molecular flexibility index (Phi) is 9.24. The molecule has 0 bridgehead atoms. The maximum Gasteiger partial charge on any atom is 0.453 e. The number of aromatic nitrogens is 7. The molecule has 220 valence electrons. The number of aryl methyl sites for hydroxylation is 1. The molecule has 0 fully saturated rings. The lowest BCUT2D eigenvalue weighted by Crippen LogP contribution is -2.32. The Morgan fingerprint density at radius 3 is 2.57 bits per heavy atom. The highest BCUT2D eigenvalue weighted by Crippen LogP contribution is 2.28. The minimum absolute atomic E-state index is 0.0215. The van der Waals surface area contributed by atoms with Crippen LogP contribution < -0.4 is 0 Å². The van der Waals surface area contributed by atoms with Crippen molar-refractivity contribution >= 4 is 51.9 Å². The predicted octanol–water partition coefficient (Wildman–Crippen LogP) is 4.19. The van der Waals surface area contributed by atoms with Crippen LogP contribution in [0.1, 0.15) is 43.5 Å². The van der Waals surface area contributed by atoms with E-state index in [9.17, 15) is 27.6 Å². The Hall–Kier alpha value is -3.93. The SMILES string of the molecule is COC(=O)N(C)CC(=O)c1cc(I)cc(C)c1CC(=O)c1cc(Cn2nnnc2C(F)(F)F)nn1-c1ncccc1Cl. The molecule has 12 nitrogen and oxygen atoms in total. The Morgan fingerprint density at radius 2 is 1.90 bits per heavy atom. The van der Waals surface area contributed by atoms with Crippen LogP contribution in [0.2, 0.25) is 5.02 Å². The molecule has 4 rings (SSSR count). The lowest BCUT2D eigenvalue weighted by molar-refractivity contribution is -0.147. The van der Waals surface area contributed by atoms with Crippen molar-refractivity contribution < 1.29 is 32.3 Å². The first-order valence-corrected chi connectivity index (χ1v) is 13.4. The number of amides is 1. The summed E-state index contributed by atoms with van der Waals surface area (Å²) in [5.74, 6) is -2.22. The predicted molar refractivity (Wildman–Crippen MR) is 150 cm³/mol. The summed E-state index contributed by atoms with van der Waals surface area (Å²) in [6.07, 6.45) is -4.39. The summed E-state index contributed by atoms with van der Waals surface area (Å²) in [4.78, 5) is 44.1. The van der Waals surface area contributed by atoms with Gasteiger partial charge in [0.1, 0.15) is 5.69 Å². The van der Waals surface area contributed by atoms with Crippen LogP contribution in [0.15, 0.2) is 36.5 Å². The summed E-state index contributed by atoms with van der Waals surface area (Å²) in [5, 5.41) is 14.0. The zero-order valence-corrected chi connectivity index (χ0v) is 25.1. The Morgan fingerprint density at radius 1 is 1.17 bits per heavy atom. The summed E-state index contributed by atoms with van der Waals surface area (Å²) < 4.78 is 47.1. The number of halogens is 5. The Bertz CT molecular complexity index is 1670. The van der Waals surface area contributed by atoms with Gasteiger partial charge in [0.25, 0.3) is 5.82 Å². The van der Waals surface area contributed by atoms with E-state index in [2.05, 4.69) is 30.3 Å². The molecule has 3 aromatic heterocycles. The van der Waals surface area contributed by atoms with E-state index in [1.807, 2.05) is 22.6 Å². The van der Waals surface area contributed by atoms with Crippen molar-refractivity contribution in [3.8, 4) is 5.82 Å². The van der Waals surface area contributed by atoms with Gasteiger partial charge in [-0.15, -0.1) is 5.10 Å². The zero-order chi connectivity index (χ0) is 30.8. The molecule has 4 aromatic rings. The van der Waals surface area contributed by atoms with Gasteiger partial charge < -0.3 is 9.64 Å². The van der Waals surface area contributed by atoms with E-state index >= 15 is 0 Å². The molecular formula is C25H21ClF3IN8O4. The second-order valence-electron chi connectivity index (χ2n) is 9.00. The van der Waals surface area contributed by atoms with Crippen LogP contribution in [0.4, 0.5) is 18.0 Å². The molecule has 0 spiro atoms. The zero-order valence-electron chi connectivity index (χ0n) is 22.2. The van der Waals surface area contributed by atoms with Crippen molar-refractivity contribution in [2.75, 3.05) is 20.7 Å². The molecule has 0 radical (unpaired) electrons. The third-order valence-corrected chi connectivity index (χ3v) is 6.94. The number of likely N-dealkylation sites (N-methyl/N-ethyl adjacent to an activating group) is 1.